The topological polar surface area (TPSA) is 94.2 Å². The Morgan fingerprint density at radius 3 is 1.59 bits per heavy atom. The van der Waals surface area contributed by atoms with Crippen LogP contribution in [0, 0.1) is 0 Å². The van der Waals surface area contributed by atoms with E-state index >= 15 is 0 Å². The molecule has 104 valence electrons. The van der Waals surface area contributed by atoms with Crippen molar-refractivity contribution >= 4 is 8.80 Å². The van der Waals surface area contributed by atoms with Gasteiger partial charge in [0.1, 0.15) is 0 Å². The predicted molar refractivity (Wildman–Crippen MR) is 66.6 cm³/mol. The van der Waals surface area contributed by atoms with E-state index in [4.69, 9.17) is 19.0 Å². The lowest BCUT2D eigenvalue weighted by atomic mass is 9.97. The Bertz CT molecular complexity index is 176. The third kappa shape index (κ3) is 3.47. The Balaban J connectivity index is 5.31. The maximum atomic E-state index is 9.24. The van der Waals surface area contributed by atoms with Crippen LogP contribution in [0.4, 0.5) is 0 Å². The summed E-state index contributed by atoms with van der Waals surface area (Å²) in [5.74, 6) is 0. The molecule has 0 aromatic heterocycles. The van der Waals surface area contributed by atoms with E-state index in [2.05, 4.69) is 0 Å². The fourth-order valence-electron chi connectivity index (χ4n) is 2.44. The van der Waals surface area contributed by atoms with Crippen molar-refractivity contribution in [2.75, 3.05) is 41.1 Å². The second-order valence-corrected chi connectivity index (χ2v) is 7.33. The zero-order chi connectivity index (χ0) is 13.4. The van der Waals surface area contributed by atoms with E-state index in [0.717, 1.165) is 0 Å². The zero-order valence-electron chi connectivity index (χ0n) is 10.9. The first-order chi connectivity index (χ1) is 8.11. The van der Waals surface area contributed by atoms with Crippen LogP contribution in [0.2, 0.25) is 5.04 Å². The van der Waals surface area contributed by atoms with Crippen LogP contribution in [-0.2, 0) is 13.3 Å². The molecule has 4 N–H and O–H groups in total. The fraction of sp³-hybridized carbons (Fsp3) is 1.00. The molecule has 0 aromatic rings. The van der Waals surface area contributed by atoms with E-state index < -0.39 is 13.8 Å². The maximum absolute atomic E-state index is 9.24. The predicted octanol–water partition coefficient (Wildman–Crippen LogP) is -0.281. The van der Waals surface area contributed by atoms with Crippen molar-refractivity contribution in [1.29, 1.82) is 0 Å². The molecule has 0 saturated heterocycles. The van der Waals surface area contributed by atoms with E-state index in [0.29, 0.717) is 25.8 Å². The van der Waals surface area contributed by atoms with Crippen LogP contribution in [0.5, 0.6) is 0 Å². The standard InChI is InChI=1S/C10H25NO5Si/c1-14-17(15-2,16-3)10(4-7-11,5-8-12)6-9-13/h12-13H,4-9,11H2,1-3H3. The third-order valence-electron chi connectivity index (χ3n) is 3.26. The fourth-order valence-corrected chi connectivity index (χ4v) is 5.52. The molecule has 0 bridgehead atoms. The molecule has 0 heterocycles. The lowest BCUT2D eigenvalue weighted by Crippen LogP contribution is -2.56. The van der Waals surface area contributed by atoms with Gasteiger partial charge in [0.05, 0.1) is 0 Å². The first kappa shape index (κ1) is 17.0. The van der Waals surface area contributed by atoms with Crippen molar-refractivity contribution in [3.63, 3.8) is 0 Å². The van der Waals surface area contributed by atoms with Crippen LogP contribution in [-0.4, -0.2) is 60.1 Å². The summed E-state index contributed by atoms with van der Waals surface area (Å²) < 4.78 is 16.4. The van der Waals surface area contributed by atoms with Gasteiger partial charge in [-0.2, -0.15) is 0 Å². The molecule has 0 saturated carbocycles. The van der Waals surface area contributed by atoms with Crippen LogP contribution >= 0.6 is 0 Å². The minimum absolute atomic E-state index is 0.0230. The first-order valence-electron chi connectivity index (χ1n) is 5.69. The normalized spacial score (nSPS) is 13.1. The lowest BCUT2D eigenvalue weighted by molar-refractivity contribution is 0.0669. The average molecular weight is 267 g/mol. The molecule has 7 heteroatoms. The van der Waals surface area contributed by atoms with E-state index in [1.165, 1.54) is 21.3 Å². The minimum atomic E-state index is -2.96. The van der Waals surface area contributed by atoms with E-state index in [1.54, 1.807) is 0 Å². The maximum Gasteiger partial charge on any atom is 0.506 e. The van der Waals surface area contributed by atoms with Gasteiger partial charge in [-0.1, -0.05) is 0 Å². The Labute approximate surface area is 104 Å². The highest BCUT2D eigenvalue weighted by molar-refractivity contribution is 6.64. The lowest BCUT2D eigenvalue weighted by Gasteiger charge is -2.43. The molecule has 0 aromatic carbocycles. The smallest absolute Gasteiger partial charge is 0.396 e. The van der Waals surface area contributed by atoms with Crippen LogP contribution < -0.4 is 5.73 Å². The van der Waals surface area contributed by atoms with E-state index in [1.807, 2.05) is 0 Å². The molecule has 17 heavy (non-hydrogen) atoms. The zero-order valence-corrected chi connectivity index (χ0v) is 11.9. The molecule has 0 radical (unpaired) electrons. The van der Waals surface area contributed by atoms with Gasteiger partial charge in [0.2, 0.25) is 0 Å². The molecule has 0 aliphatic rings. The molecule has 0 spiro atoms. The first-order valence-corrected chi connectivity index (χ1v) is 7.41. The van der Waals surface area contributed by atoms with E-state index in [9.17, 15) is 10.2 Å². The quantitative estimate of drug-likeness (QED) is 0.471. The van der Waals surface area contributed by atoms with Crippen molar-refractivity contribution in [1.82, 2.24) is 0 Å². The Morgan fingerprint density at radius 2 is 1.35 bits per heavy atom. The third-order valence-corrected chi connectivity index (χ3v) is 6.92. The molecular weight excluding hydrogens is 242 g/mol. The SMILES string of the molecule is CO[Si](OC)(OC)C(CCN)(CCO)CCO. The monoisotopic (exact) mass is 267 g/mol. The number of rotatable bonds is 10. The van der Waals surface area contributed by atoms with Gasteiger partial charge in [-0.15, -0.1) is 0 Å². The van der Waals surface area contributed by atoms with Crippen molar-refractivity contribution in [3.8, 4) is 0 Å². The molecule has 0 rings (SSSR count). The largest absolute Gasteiger partial charge is 0.506 e. The van der Waals surface area contributed by atoms with Crippen LogP contribution in [0.15, 0.2) is 0 Å². The van der Waals surface area contributed by atoms with Gasteiger partial charge >= 0.3 is 8.80 Å². The van der Waals surface area contributed by atoms with Gasteiger partial charge in [0, 0.05) is 39.6 Å². The van der Waals surface area contributed by atoms with Gasteiger partial charge in [0.15, 0.2) is 0 Å². The Morgan fingerprint density at radius 1 is 0.941 bits per heavy atom. The molecular formula is C10H25NO5Si. The molecule has 0 fully saturated rings. The molecule has 0 amide bonds. The summed E-state index contributed by atoms with van der Waals surface area (Å²) in [7, 11) is 1.62. The van der Waals surface area contributed by atoms with Crippen molar-refractivity contribution < 1.29 is 23.5 Å². The Kier molecular flexibility index (Phi) is 8.13. The summed E-state index contributed by atoms with van der Waals surface area (Å²) >= 11 is 0. The molecule has 0 unspecified atom stereocenters. The molecule has 0 aliphatic heterocycles. The van der Waals surface area contributed by atoms with Crippen molar-refractivity contribution in [3.05, 3.63) is 0 Å². The second kappa shape index (κ2) is 8.14. The summed E-state index contributed by atoms with van der Waals surface area (Å²) in [5, 5.41) is 17.9. The Hall–Kier alpha value is -0.0231. The second-order valence-electron chi connectivity index (χ2n) is 3.93. The highest BCUT2D eigenvalue weighted by Crippen LogP contribution is 2.48. The summed E-state index contributed by atoms with van der Waals surface area (Å²) in [6.45, 7) is 0.375. The van der Waals surface area contributed by atoms with Gasteiger partial charge in [0.25, 0.3) is 0 Å². The summed E-state index contributed by atoms with van der Waals surface area (Å²) in [5.41, 5.74) is 5.63. The number of aliphatic hydroxyl groups excluding tert-OH is 2. The highest BCUT2D eigenvalue weighted by Gasteiger charge is 2.58. The minimum Gasteiger partial charge on any atom is -0.396 e. The summed E-state index contributed by atoms with van der Waals surface area (Å²) in [6.07, 6.45) is 1.45. The number of nitrogens with two attached hydrogens (primary N) is 1. The van der Waals surface area contributed by atoms with Gasteiger partial charge in [-0.3, -0.25) is 0 Å². The summed E-state index contributed by atoms with van der Waals surface area (Å²) in [6, 6.07) is 0. The van der Waals surface area contributed by atoms with Crippen molar-refractivity contribution in [2.24, 2.45) is 5.73 Å². The van der Waals surface area contributed by atoms with Gasteiger partial charge < -0.3 is 29.2 Å². The summed E-state index contributed by atoms with van der Waals surface area (Å²) in [4.78, 5) is 0. The van der Waals surface area contributed by atoms with Gasteiger partial charge in [-0.25, -0.2) is 0 Å². The molecule has 6 nitrogen and oxygen atoms in total. The van der Waals surface area contributed by atoms with Crippen LogP contribution in [0.1, 0.15) is 19.3 Å². The molecule has 0 aliphatic carbocycles. The van der Waals surface area contributed by atoms with Crippen LogP contribution in [0.3, 0.4) is 0 Å². The highest BCUT2D eigenvalue weighted by atomic mass is 28.4. The average Bonchev–Trinajstić information content (AvgIpc) is 2.33. The van der Waals surface area contributed by atoms with Gasteiger partial charge in [-0.05, 0) is 25.8 Å². The number of hydrogen-bond acceptors (Lipinski definition) is 6. The van der Waals surface area contributed by atoms with Crippen LogP contribution in [0.25, 0.3) is 0 Å². The van der Waals surface area contributed by atoms with Crippen molar-refractivity contribution in [2.45, 2.75) is 24.3 Å². The van der Waals surface area contributed by atoms with E-state index in [-0.39, 0.29) is 13.2 Å². The number of hydrogen-bond donors (Lipinski definition) is 3. The number of aliphatic hydroxyl groups is 2. The molecule has 0 atom stereocenters.